The number of nitrogens with zero attached hydrogens (tertiary/aromatic N) is 6. The third-order valence-electron chi connectivity index (χ3n) is 7.64. The highest BCUT2D eigenvalue weighted by molar-refractivity contribution is 5.93. The molecule has 1 aliphatic rings. The quantitative estimate of drug-likeness (QED) is 0.322. The second-order valence-corrected chi connectivity index (χ2v) is 10.3. The Bertz CT molecular complexity index is 1700. The number of piperazine rings is 1. The van der Waals surface area contributed by atoms with E-state index in [1.54, 1.807) is 6.33 Å². The lowest BCUT2D eigenvalue weighted by Crippen LogP contribution is -2.53. The van der Waals surface area contributed by atoms with Crippen molar-refractivity contribution in [2.45, 2.75) is 26.3 Å². The first-order valence-corrected chi connectivity index (χ1v) is 13.1. The number of aromatic nitrogens is 4. The zero-order valence-electron chi connectivity index (χ0n) is 22.3. The predicted molar refractivity (Wildman–Crippen MR) is 154 cm³/mol. The Balaban J connectivity index is 1.23. The van der Waals surface area contributed by atoms with Crippen molar-refractivity contribution in [3.05, 3.63) is 83.9 Å². The largest absolute Gasteiger partial charge is 0.465 e. The molecule has 198 valence electrons. The van der Waals surface area contributed by atoms with Crippen molar-refractivity contribution in [1.82, 2.24) is 24.4 Å². The number of hydrogen-bond acceptors (Lipinski definition) is 6. The molecule has 0 aliphatic carbocycles. The Morgan fingerprint density at radius 2 is 1.90 bits per heavy atom. The smallest absolute Gasteiger partial charge is 0.407 e. The molecule has 39 heavy (non-hydrogen) atoms. The number of carboxylic acid groups (broad SMARTS) is 1. The lowest BCUT2D eigenvalue weighted by molar-refractivity contribution is 0.136. The molecule has 5 aromatic rings. The van der Waals surface area contributed by atoms with Crippen LogP contribution in [0.1, 0.15) is 23.6 Å². The molecule has 9 nitrogen and oxygen atoms in total. The van der Waals surface area contributed by atoms with Gasteiger partial charge in [0.25, 0.3) is 0 Å². The predicted octanol–water partition coefficient (Wildman–Crippen LogP) is 5.35. The number of benzene rings is 3. The third-order valence-corrected chi connectivity index (χ3v) is 7.64. The van der Waals surface area contributed by atoms with E-state index >= 15 is 0 Å². The Labute approximate surface area is 226 Å². The van der Waals surface area contributed by atoms with E-state index in [0.29, 0.717) is 19.6 Å². The Hall–Kier alpha value is -4.66. The van der Waals surface area contributed by atoms with E-state index in [0.717, 1.165) is 45.5 Å². The number of anilines is 3. The lowest BCUT2D eigenvalue weighted by Gasteiger charge is -2.40. The fourth-order valence-electron chi connectivity index (χ4n) is 5.46. The SMILES string of the molecule is Cc1cc(Nc2ncnc3ccc(N4CCN(C(=O)O)CC4C)cc23)ccc1Cc1ccc2c(c1)ncn2C. The van der Waals surface area contributed by atoms with Gasteiger partial charge in [-0.05, 0) is 79.4 Å². The van der Waals surface area contributed by atoms with Gasteiger partial charge in [-0.1, -0.05) is 12.1 Å². The molecule has 1 unspecified atom stereocenters. The normalized spacial score (nSPS) is 15.7. The van der Waals surface area contributed by atoms with Gasteiger partial charge < -0.3 is 24.8 Å². The first-order valence-electron chi connectivity index (χ1n) is 13.1. The van der Waals surface area contributed by atoms with Crippen molar-refractivity contribution in [3.8, 4) is 0 Å². The van der Waals surface area contributed by atoms with Gasteiger partial charge in [-0.3, -0.25) is 0 Å². The van der Waals surface area contributed by atoms with Crippen molar-refractivity contribution in [2.75, 3.05) is 29.9 Å². The van der Waals surface area contributed by atoms with E-state index < -0.39 is 6.09 Å². The summed E-state index contributed by atoms with van der Waals surface area (Å²) in [6.45, 7) is 5.79. The van der Waals surface area contributed by atoms with Crippen LogP contribution < -0.4 is 10.2 Å². The summed E-state index contributed by atoms with van der Waals surface area (Å²) < 4.78 is 2.03. The monoisotopic (exact) mass is 521 g/mol. The summed E-state index contributed by atoms with van der Waals surface area (Å²) in [5.41, 5.74) is 8.69. The maximum Gasteiger partial charge on any atom is 0.407 e. The number of carbonyl (C=O) groups is 1. The van der Waals surface area contributed by atoms with Gasteiger partial charge in [0.2, 0.25) is 0 Å². The summed E-state index contributed by atoms with van der Waals surface area (Å²) in [4.78, 5) is 28.6. The topological polar surface area (TPSA) is 99.4 Å². The van der Waals surface area contributed by atoms with E-state index in [4.69, 9.17) is 0 Å². The molecule has 0 bridgehead atoms. The fourth-order valence-corrected chi connectivity index (χ4v) is 5.46. The van der Waals surface area contributed by atoms with Crippen LogP contribution >= 0.6 is 0 Å². The molecule has 2 aromatic heterocycles. The number of aryl methyl sites for hydroxylation is 2. The van der Waals surface area contributed by atoms with Crippen molar-refractivity contribution in [3.63, 3.8) is 0 Å². The summed E-state index contributed by atoms with van der Waals surface area (Å²) in [5, 5.41) is 13.8. The van der Waals surface area contributed by atoms with E-state index in [1.165, 1.54) is 21.6 Å². The minimum atomic E-state index is -0.865. The van der Waals surface area contributed by atoms with Crippen molar-refractivity contribution >= 4 is 45.2 Å². The maximum atomic E-state index is 11.4. The van der Waals surface area contributed by atoms with Gasteiger partial charge in [-0.15, -0.1) is 0 Å². The molecule has 1 atom stereocenters. The van der Waals surface area contributed by atoms with Crippen molar-refractivity contribution in [1.29, 1.82) is 0 Å². The summed E-state index contributed by atoms with van der Waals surface area (Å²) >= 11 is 0. The third kappa shape index (κ3) is 4.83. The van der Waals surface area contributed by atoms with E-state index in [9.17, 15) is 9.90 Å². The summed E-state index contributed by atoms with van der Waals surface area (Å²) in [7, 11) is 2.01. The standard InChI is InChI=1S/C30H31N7O2/c1-19-12-23(6-5-22(19)13-21-4-9-28-27(14-21)33-18-35(28)3)34-29-25-15-24(7-8-26(25)31-17-32-29)37-11-10-36(30(38)39)16-20(37)2/h4-9,12,14-15,17-18,20H,10-11,13,16H2,1-3H3,(H,38,39)(H,31,32,34). The number of rotatable bonds is 5. The second kappa shape index (κ2) is 9.90. The van der Waals surface area contributed by atoms with E-state index in [2.05, 4.69) is 81.5 Å². The average Bonchev–Trinajstić information content (AvgIpc) is 3.30. The molecule has 1 amide bonds. The lowest BCUT2D eigenvalue weighted by atomic mass is 9.99. The van der Waals surface area contributed by atoms with Crippen LogP contribution in [0.15, 0.2) is 67.3 Å². The highest BCUT2D eigenvalue weighted by Crippen LogP contribution is 2.30. The van der Waals surface area contributed by atoms with Crippen LogP contribution in [0, 0.1) is 6.92 Å². The van der Waals surface area contributed by atoms with Crippen LogP contribution in [0.25, 0.3) is 21.9 Å². The number of hydrogen-bond donors (Lipinski definition) is 2. The summed E-state index contributed by atoms with van der Waals surface area (Å²) in [5.74, 6) is 0.742. The number of amides is 1. The first kappa shape index (κ1) is 24.7. The van der Waals surface area contributed by atoms with Crippen LogP contribution in [0.4, 0.5) is 22.0 Å². The molecule has 6 rings (SSSR count). The molecule has 2 N–H and O–H groups in total. The van der Waals surface area contributed by atoms with Gasteiger partial charge >= 0.3 is 6.09 Å². The van der Waals surface area contributed by atoms with Crippen LogP contribution in [0.2, 0.25) is 0 Å². The molecule has 0 spiro atoms. The van der Waals surface area contributed by atoms with Gasteiger partial charge in [0, 0.05) is 49.5 Å². The highest BCUT2D eigenvalue weighted by atomic mass is 16.4. The van der Waals surface area contributed by atoms with Gasteiger partial charge in [0.05, 0.1) is 22.9 Å². The highest BCUT2D eigenvalue weighted by Gasteiger charge is 2.27. The molecule has 0 saturated carbocycles. The van der Waals surface area contributed by atoms with Crippen molar-refractivity contribution < 1.29 is 9.90 Å². The van der Waals surface area contributed by atoms with Crippen LogP contribution in [-0.4, -0.2) is 61.3 Å². The minimum absolute atomic E-state index is 0.0712. The minimum Gasteiger partial charge on any atom is -0.465 e. The second-order valence-electron chi connectivity index (χ2n) is 10.3. The molecule has 1 aliphatic heterocycles. The molecule has 0 radical (unpaired) electrons. The Morgan fingerprint density at radius 3 is 2.69 bits per heavy atom. The summed E-state index contributed by atoms with van der Waals surface area (Å²) in [6.07, 6.45) is 3.40. The molecule has 3 aromatic carbocycles. The zero-order chi connectivity index (χ0) is 27.1. The molecule has 1 fully saturated rings. The molecule has 9 heteroatoms. The van der Waals surface area contributed by atoms with Gasteiger partial charge in [-0.2, -0.15) is 0 Å². The van der Waals surface area contributed by atoms with E-state index in [1.807, 2.05) is 30.1 Å². The fraction of sp³-hybridized carbons (Fsp3) is 0.267. The Morgan fingerprint density at radius 1 is 1.03 bits per heavy atom. The van der Waals surface area contributed by atoms with E-state index in [-0.39, 0.29) is 6.04 Å². The van der Waals surface area contributed by atoms with Crippen LogP contribution in [-0.2, 0) is 13.5 Å². The van der Waals surface area contributed by atoms with Gasteiger partial charge in [0.15, 0.2) is 0 Å². The van der Waals surface area contributed by atoms with Gasteiger partial charge in [0.1, 0.15) is 12.1 Å². The molecule has 3 heterocycles. The Kier molecular flexibility index (Phi) is 6.26. The zero-order valence-corrected chi connectivity index (χ0v) is 22.3. The average molecular weight is 522 g/mol. The molecule has 1 saturated heterocycles. The molecular formula is C30H31N7O2. The maximum absolute atomic E-state index is 11.4. The van der Waals surface area contributed by atoms with Crippen LogP contribution in [0.3, 0.4) is 0 Å². The number of nitrogens with one attached hydrogen (secondary N) is 1. The molecular weight excluding hydrogens is 490 g/mol. The van der Waals surface area contributed by atoms with Crippen molar-refractivity contribution in [2.24, 2.45) is 7.05 Å². The number of fused-ring (bicyclic) bond motifs is 2. The van der Waals surface area contributed by atoms with Gasteiger partial charge in [-0.25, -0.2) is 19.7 Å². The van der Waals surface area contributed by atoms with Crippen LogP contribution in [0.5, 0.6) is 0 Å². The number of imidazole rings is 1. The first-order chi connectivity index (χ1) is 18.9. The summed E-state index contributed by atoms with van der Waals surface area (Å²) in [6, 6.07) is 19.1.